The van der Waals surface area contributed by atoms with Crippen molar-refractivity contribution in [3.8, 4) is 0 Å². The molecule has 0 saturated heterocycles. The number of alkyl halides is 3. The van der Waals surface area contributed by atoms with Crippen molar-refractivity contribution in [1.82, 2.24) is 15.0 Å². The molecule has 2 aromatic rings. The lowest BCUT2D eigenvalue weighted by molar-refractivity contribution is -0.137. The van der Waals surface area contributed by atoms with Crippen LogP contribution >= 0.6 is 11.6 Å². The largest absolute Gasteiger partial charge is 0.417 e. The average molecular weight is 291 g/mol. The SMILES string of the molecule is Cn1cc(CNc2ccc(Cl)c(C(F)(F)F)c2)nn1. The summed E-state index contributed by atoms with van der Waals surface area (Å²) < 4.78 is 39.5. The summed E-state index contributed by atoms with van der Waals surface area (Å²) in [5, 5.41) is 10.1. The van der Waals surface area contributed by atoms with Gasteiger partial charge in [0.25, 0.3) is 0 Å². The third-order valence-electron chi connectivity index (χ3n) is 2.40. The van der Waals surface area contributed by atoms with Gasteiger partial charge >= 0.3 is 6.18 Å². The molecule has 1 aromatic carbocycles. The molecule has 0 atom stereocenters. The highest BCUT2D eigenvalue weighted by molar-refractivity contribution is 6.31. The summed E-state index contributed by atoms with van der Waals surface area (Å²) in [4.78, 5) is 0. The minimum absolute atomic E-state index is 0.284. The first-order valence-corrected chi connectivity index (χ1v) is 5.70. The fourth-order valence-corrected chi connectivity index (χ4v) is 1.75. The smallest absolute Gasteiger partial charge is 0.379 e. The molecular weight excluding hydrogens is 281 g/mol. The predicted octanol–water partition coefficient (Wildman–Crippen LogP) is 3.10. The molecule has 1 heterocycles. The van der Waals surface area contributed by atoms with E-state index in [1.54, 1.807) is 13.2 Å². The number of nitrogens with zero attached hydrogens (tertiary/aromatic N) is 3. The van der Waals surface area contributed by atoms with Crippen LogP contribution in [0.25, 0.3) is 0 Å². The van der Waals surface area contributed by atoms with Crippen molar-refractivity contribution >= 4 is 17.3 Å². The second kappa shape index (κ2) is 5.08. The standard InChI is InChI=1S/C11H10ClF3N4/c1-19-6-8(17-18-19)5-16-7-2-3-10(12)9(4-7)11(13,14)15/h2-4,6,16H,5H2,1H3. The number of benzene rings is 1. The predicted molar refractivity (Wildman–Crippen MR) is 64.8 cm³/mol. The molecule has 1 aromatic heterocycles. The van der Waals surface area contributed by atoms with Gasteiger partial charge in [-0.2, -0.15) is 13.2 Å². The highest BCUT2D eigenvalue weighted by Gasteiger charge is 2.33. The zero-order chi connectivity index (χ0) is 14.0. The molecule has 0 radical (unpaired) electrons. The number of anilines is 1. The second-order valence-electron chi connectivity index (χ2n) is 3.93. The minimum atomic E-state index is -4.47. The number of aromatic nitrogens is 3. The molecule has 0 saturated carbocycles. The van der Waals surface area contributed by atoms with E-state index in [1.165, 1.54) is 16.8 Å². The van der Waals surface area contributed by atoms with Crippen molar-refractivity contribution < 1.29 is 13.2 Å². The van der Waals surface area contributed by atoms with E-state index >= 15 is 0 Å². The molecule has 0 spiro atoms. The summed E-state index contributed by atoms with van der Waals surface area (Å²) in [5.74, 6) is 0. The minimum Gasteiger partial charge on any atom is -0.379 e. The van der Waals surface area contributed by atoms with Gasteiger partial charge in [0, 0.05) is 18.9 Å². The first kappa shape index (κ1) is 13.7. The molecule has 8 heteroatoms. The van der Waals surface area contributed by atoms with Gasteiger partial charge in [-0.15, -0.1) is 5.10 Å². The van der Waals surface area contributed by atoms with E-state index in [1.807, 2.05) is 0 Å². The Bertz CT molecular complexity index is 580. The average Bonchev–Trinajstić information content (AvgIpc) is 2.72. The van der Waals surface area contributed by atoms with Gasteiger partial charge in [0.05, 0.1) is 17.1 Å². The van der Waals surface area contributed by atoms with Crippen molar-refractivity contribution in [3.63, 3.8) is 0 Å². The molecule has 1 N–H and O–H groups in total. The van der Waals surface area contributed by atoms with Crippen LogP contribution in [0, 0.1) is 0 Å². The third-order valence-corrected chi connectivity index (χ3v) is 2.73. The molecule has 0 aliphatic rings. The first-order chi connectivity index (χ1) is 8.86. The normalized spacial score (nSPS) is 11.6. The molecular formula is C11H10ClF3N4. The van der Waals surface area contributed by atoms with Gasteiger partial charge in [-0.3, -0.25) is 4.68 Å². The molecule has 4 nitrogen and oxygen atoms in total. The third kappa shape index (κ3) is 3.37. The first-order valence-electron chi connectivity index (χ1n) is 5.32. The fraction of sp³-hybridized carbons (Fsp3) is 0.273. The van der Waals surface area contributed by atoms with Crippen molar-refractivity contribution in [1.29, 1.82) is 0 Å². The van der Waals surface area contributed by atoms with Crippen molar-refractivity contribution in [2.75, 3.05) is 5.32 Å². The van der Waals surface area contributed by atoms with Gasteiger partial charge in [0.2, 0.25) is 0 Å². The molecule has 0 aliphatic carbocycles. The van der Waals surface area contributed by atoms with Crippen LogP contribution in [-0.2, 0) is 19.8 Å². The van der Waals surface area contributed by atoms with Gasteiger partial charge in [0.15, 0.2) is 0 Å². The zero-order valence-corrected chi connectivity index (χ0v) is 10.6. The van der Waals surface area contributed by atoms with Crippen LogP contribution in [-0.4, -0.2) is 15.0 Å². The zero-order valence-electron chi connectivity index (χ0n) is 9.87. The van der Waals surface area contributed by atoms with Crippen molar-refractivity contribution in [3.05, 3.63) is 40.7 Å². The Kier molecular flexibility index (Phi) is 3.66. The summed E-state index contributed by atoms with van der Waals surface area (Å²) in [7, 11) is 1.71. The van der Waals surface area contributed by atoms with E-state index in [-0.39, 0.29) is 11.6 Å². The number of hydrogen-bond donors (Lipinski definition) is 1. The van der Waals surface area contributed by atoms with Gasteiger partial charge in [-0.05, 0) is 18.2 Å². The summed E-state index contributed by atoms with van der Waals surface area (Å²) in [6.45, 7) is 0.284. The van der Waals surface area contributed by atoms with E-state index < -0.39 is 11.7 Å². The summed E-state index contributed by atoms with van der Waals surface area (Å²) in [6, 6.07) is 3.66. The highest BCUT2D eigenvalue weighted by atomic mass is 35.5. The maximum Gasteiger partial charge on any atom is 0.417 e. The van der Waals surface area contributed by atoms with Gasteiger partial charge in [0.1, 0.15) is 5.69 Å². The topological polar surface area (TPSA) is 42.7 Å². The molecule has 0 unspecified atom stereocenters. The Hall–Kier alpha value is -1.76. The van der Waals surface area contributed by atoms with Crippen LogP contribution in [0.4, 0.5) is 18.9 Å². The quantitative estimate of drug-likeness (QED) is 0.944. The number of rotatable bonds is 3. The van der Waals surface area contributed by atoms with Crippen LogP contribution in [0.5, 0.6) is 0 Å². The second-order valence-corrected chi connectivity index (χ2v) is 4.34. The maximum absolute atomic E-state index is 12.7. The lowest BCUT2D eigenvalue weighted by atomic mass is 10.2. The Labute approximate surface area is 112 Å². The lowest BCUT2D eigenvalue weighted by Gasteiger charge is -2.11. The fourth-order valence-electron chi connectivity index (χ4n) is 1.52. The molecule has 102 valence electrons. The number of hydrogen-bond acceptors (Lipinski definition) is 3. The summed E-state index contributed by atoms with van der Waals surface area (Å²) in [6.07, 6.45) is -2.80. The Balaban J connectivity index is 2.13. The number of halogens is 4. The Morgan fingerprint density at radius 3 is 2.68 bits per heavy atom. The van der Waals surface area contributed by atoms with Gasteiger partial charge in [-0.1, -0.05) is 16.8 Å². The van der Waals surface area contributed by atoms with Crippen LogP contribution in [0.1, 0.15) is 11.3 Å². The van der Waals surface area contributed by atoms with Gasteiger partial charge < -0.3 is 5.32 Å². The van der Waals surface area contributed by atoms with Crippen LogP contribution < -0.4 is 5.32 Å². The number of nitrogens with one attached hydrogen (secondary N) is 1. The van der Waals surface area contributed by atoms with Gasteiger partial charge in [-0.25, -0.2) is 0 Å². The maximum atomic E-state index is 12.7. The molecule has 0 fully saturated rings. The van der Waals surface area contributed by atoms with E-state index in [0.717, 1.165) is 6.07 Å². The van der Waals surface area contributed by atoms with Crippen LogP contribution in [0.15, 0.2) is 24.4 Å². The molecule has 19 heavy (non-hydrogen) atoms. The Morgan fingerprint density at radius 1 is 1.37 bits per heavy atom. The van der Waals surface area contributed by atoms with Crippen molar-refractivity contribution in [2.45, 2.75) is 12.7 Å². The molecule has 2 rings (SSSR count). The monoisotopic (exact) mass is 290 g/mol. The van der Waals surface area contributed by atoms with Crippen LogP contribution in [0.3, 0.4) is 0 Å². The summed E-state index contributed by atoms with van der Waals surface area (Å²) in [5.41, 5.74) is 0.0895. The van der Waals surface area contributed by atoms with Crippen molar-refractivity contribution in [2.24, 2.45) is 7.05 Å². The molecule has 0 aliphatic heterocycles. The Morgan fingerprint density at radius 2 is 2.11 bits per heavy atom. The van der Waals surface area contributed by atoms with E-state index in [9.17, 15) is 13.2 Å². The van der Waals surface area contributed by atoms with E-state index in [4.69, 9.17) is 11.6 Å². The molecule has 0 bridgehead atoms. The molecule has 0 amide bonds. The van der Waals surface area contributed by atoms with E-state index in [2.05, 4.69) is 15.6 Å². The lowest BCUT2D eigenvalue weighted by Crippen LogP contribution is -2.07. The number of aryl methyl sites for hydroxylation is 1. The summed E-state index contributed by atoms with van der Waals surface area (Å²) >= 11 is 5.53. The van der Waals surface area contributed by atoms with Crippen LogP contribution in [0.2, 0.25) is 5.02 Å². The van der Waals surface area contributed by atoms with E-state index in [0.29, 0.717) is 11.4 Å². The highest BCUT2D eigenvalue weighted by Crippen LogP contribution is 2.36.